The van der Waals surface area contributed by atoms with Gasteiger partial charge in [-0.2, -0.15) is 4.72 Å². The van der Waals surface area contributed by atoms with E-state index in [0.717, 1.165) is 23.7 Å². The highest BCUT2D eigenvalue weighted by atomic mass is 79.9. The lowest BCUT2D eigenvalue weighted by molar-refractivity contribution is 0.353. The zero-order chi connectivity index (χ0) is 14.8. The molecule has 0 amide bonds. The Bertz CT molecular complexity index is 593. The van der Waals surface area contributed by atoms with E-state index in [1.54, 1.807) is 24.3 Å². The van der Waals surface area contributed by atoms with Crippen LogP contribution in [-0.4, -0.2) is 18.9 Å². The van der Waals surface area contributed by atoms with Gasteiger partial charge in [0.2, 0.25) is 10.0 Å². The summed E-state index contributed by atoms with van der Waals surface area (Å²) in [5.41, 5.74) is 5.03. The molecule has 1 aliphatic carbocycles. The van der Waals surface area contributed by atoms with Crippen molar-refractivity contribution in [3.8, 4) is 0 Å². The zero-order valence-electron chi connectivity index (χ0n) is 10.9. The van der Waals surface area contributed by atoms with Crippen molar-refractivity contribution in [2.45, 2.75) is 42.5 Å². The molecule has 1 aliphatic rings. The van der Waals surface area contributed by atoms with Crippen molar-refractivity contribution < 1.29 is 8.42 Å². The molecule has 0 unspecified atom stereocenters. The second-order valence-corrected chi connectivity index (χ2v) is 8.10. The Morgan fingerprint density at radius 1 is 1.20 bits per heavy atom. The van der Waals surface area contributed by atoms with E-state index in [0.29, 0.717) is 12.8 Å². The van der Waals surface area contributed by atoms with E-state index in [9.17, 15) is 8.42 Å². The summed E-state index contributed by atoms with van der Waals surface area (Å²) in [7, 11) is -3.62. The van der Waals surface area contributed by atoms with E-state index in [-0.39, 0.29) is 9.88 Å². The first kappa shape index (κ1) is 15.9. The van der Waals surface area contributed by atoms with Crippen LogP contribution in [0.4, 0.5) is 0 Å². The van der Waals surface area contributed by atoms with Crippen molar-refractivity contribution in [1.29, 1.82) is 0 Å². The first-order valence-corrected chi connectivity index (χ1v) is 9.14. The van der Waals surface area contributed by atoms with Gasteiger partial charge in [0.25, 0.3) is 0 Å². The highest BCUT2D eigenvalue weighted by Gasteiger charge is 2.39. The fourth-order valence-corrected chi connectivity index (χ4v) is 4.51. The molecule has 0 atom stereocenters. The van der Waals surface area contributed by atoms with Crippen molar-refractivity contribution in [1.82, 2.24) is 4.72 Å². The van der Waals surface area contributed by atoms with Crippen LogP contribution < -0.4 is 10.5 Å². The SMILES string of the molecule is NC(=S)C1(NS(=O)(=O)c2ccc(Br)cc2)CCCCC1. The standard InChI is InChI=1S/C13H17BrN2O2S2/c14-10-4-6-11(7-5-10)20(17,18)16-13(12(15)19)8-2-1-3-9-13/h4-7,16H,1-3,8-9H2,(H2,15,19). The van der Waals surface area contributed by atoms with Gasteiger partial charge in [-0.05, 0) is 37.1 Å². The molecule has 0 aromatic heterocycles. The molecule has 0 spiro atoms. The number of rotatable bonds is 4. The van der Waals surface area contributed by atoms with Crippen LogP contribution in [0.3, 0.4) is 0 Å². The van der Waals surface area contributed by atoms with Crippen molar-refractivity contribution in [3.63, 3.8) is 0 Å². The smallest absolute Gasteiger partial charge is 0.241 e. The number of nitrogens with two attached hydrogens (primary N) is 1. The van der Waals surface area contributed by atoms with E-state index in [4.69, 9.17) is 18.0 Å². The molecular formula is C13H17BrN2O2S2. The Balaban J connectivity index is 2.30. The fraction of sp³-hybridized carbons (Fsp3) is 0.462. The molecule has 20 heavy (non-hydrogen) atoms. The number of halogens is 1. The van der Waals surface area contributed by atoms with Crippen LogP contribution in [-0.2, 0) is 10.0 Å². The third-order valence-corrected chi connectivity index (χ3v) is 6.10. The second kappa shape index (κ2) is 6.09. The van der Waals surface area contributed by atoms with Gasteiger partial charge < -0.3 is 5.73 Å². The van der Waals surface area contributed by atoms with Crippen LogP contribution in [0.15, 0.2) is 33.6 Å². The minimum absolute atomic E-state index is 0.224. The van der Waals surface area contributed by atoms with Crippen LogP contribution in [0.25, 0.3) is 0 Å². The summed E-state index contributed by atoms with van der Waals surface area (Å²) >= 11 is 8.40. The minimum atomic E-state index is -3.62. The third kappa shape index (κ3) is 3.39. The maximum atomic E-state index is 12.5. The van der Waals surface area contributed by atoms with E-state index in [2.05, 4.69) is 20.7 Å². The average molecular weight is 377 g/mol. The van der Waals surface area contributed by atoms with Gasteiger partial charge >= 0.3 is 0 Å². The normalized spacial score (nSPS) is 18.6. The quantitative estimate of drug-likeness (QED) is 0.792. The fourth-order valence-electron chi connectivity index (χ4n) is 2.48. The molecule has 0 radical (unpaired) electrons. The number of hydrogen-bond acceptors (Lipinski definition) is 3. The van der Waals surface area contributed by atoms with Crippen molar-refractivity contribution in [2.24, 2.45) is 5.73 Å². The highest BCUT2D eigenvalue weighted by molar-refractivity contribution is 9.10. The largest absolute Gasteiger partial charge is 0.392 e. The van der Waals surface area contributed by atoms with Crippen LogP contribution in [0.2, 0.25) is 0 Å². The number of sulfonamides is 1. The van der Waals surface area contributed by atoms with Crippen LogP contribution in [0, 0.1) is 0 Å². The predicted octanol–water partition coefficient (Wildman–Crippen LogP) is 2.72. The molecule has 0 saturated heterocycles. The molecule has 0 aliphatic heterocycles. The lowest BCUT2D eigenvalue weighted by Crippen LogP contribution is -2.57. The third-order valence-electron chi connectivity index (χ3n) is 3.63. The summed E-state index contributed by atoms with van der Waals surface area (Å²) in [6.07, 6.45) is 4.28. The van der Waals surface area contributed by atoms with Gasteiger partial charge in [0, 0.05) is 4.47 Å². The molecule has 110 valence electrons. The molecule has 3 N–H and O–H groups in total. The molecule has 1 aromatic rings. The Morgan fingerprint density at radius 3 is 2.25 bits per heavy atom. The van der Waals surface area contributed by atoms with E-state index >= 15 is 0 Å². The predicted molar refractivity (Wildman–Crippen MR) is 87.1 cm³/mol. The molecule has 7 heteroatoms. The number of benzene rings is 1. The first-order chi connectivity index (χ1) is 9.36. The summed E-state index contributed by atoms with van der Waals surface area (Å²) in [6.45, 7) is 0. The van der Waals surface area contributed by atoms with Crippen molar-refractivity contribution in [3.05, 3.63) is 28.7 Å². The Kier molecular flexibility index (Phi) is 4.84. The molecular weight excluding hydrogens is 360 g/mol. The van der Waals surface area contributed by atoms with Gasteiger partial charge in [0.15, 0.2) is 0 Å². The molecule has 1 fully saturated rings. The van der Waals surface area contributed by atoms with Gasteiger partial charge in [0.05, 0.1) is 15.4 Å². The molecule has 0 heterocycles. The topological polar surface area (TPSA) is 72.2 Å². The van der Waals surface area contributed by atoms with Gasteiger partial charge in [-0.25, -0.2) is 8.42 Å². The number of thiocarbonyl (C=S) groups is 1. The maximum Gasteiger partial charge on any atom is 0.241 e. The van der Waals surface area contributed by atoms with Gasteiger partial charge in [-0.3, -0.25) is 0 Å². The average Bonchev–Trinajstić information content (AvgIpc) is 2.39. The number of hydrogen-bond donors (Lipinski definition) is 2. The minimum Gasteiger partial charge on any atom is -0.392 e. The first-order valence-electron chi connectivity index (χ1n) is 6.45. The summed E-state index contributed by atoms with van der Waals surface area (Å²) in [5, 5.41) is 0. The van der Waals surface area contributed by atoms with Crippen LogP contribution in [0.5, 0.6) is 0 Å². The summed E-state index contributed by atoms with van der Waals surface area (Å²) in [4.78, 5) is 0.458. The lowest BCUT2D eigenvalue weighted by Gasteiger charge is -2.36. The Morgan fingerprint density at radius 2 is 1.75 bits per heavy atom. The van der Waals surface area contributed by atoms with Crippen molar-refractivity contribution in [2.75, 3.05) is 0 Å². The zero-order valence-corrected chi connectivity index (χ0v) is 14.2. The number of nitrogens with one attached hydrogen (secondary N) is 1. The van der Waals surface area contributed by atoms with E-state index in [1.807, 2.05) is 0 Å². The summed E-state index contributed by atoms with van der Waals surface area (Å²) in [5.74, 6) is 0. The molecule has 4 nitrogen and oxygen atoms in total. The van der Waals surface area contributed by atoms with Crippen molar-refractivity contribution >= 4 is 43.2 Å². The Labute approximate surface area is 133 Å². The molecule has 0 bridgehead atoms. The second-order valence-electron chi connectivity index (χ2n) is 5.07. The molecule has 1 aromatic carbocycles. The monoisotopic (exact) mass is 376 g/mol. The Hall–Kier alpha value is -0.500. The van der Waals surface area contributed by atoms with E-state index < -0.39 is 15.6 Å². The van der Waals surface area contributed by atoms with E-state index in [1.165, 1.54) is 0 Å². The molecule has 2 rings (SSSR count). The van der Waals surface area contributed by atoms with Crippen LogP contribution in [0.1, 0.15) is 32.1 Å². The highest BCUT2D eigenvalue weighted by Crippen LogP contribution is 2.30. The summed E-state index contributed by atoms with van der Waals surface area (Å²) in [6, 6.07) is 6.51. The molecule has 1 saturated carbocycles. The van der Waals surface area contributed by atoms with Gasteiger partial charge in [0.1, 0.15) is 0 Å². The maximum absolute atomic E-state index is 12.5. The summed E-state index contributed by atoms with van der Waals surface area (Å²) < 4.78 is 28.5. The van der Waals surface area contributed by atoms with Crippen LogP contribution >= 0.6 is 28.1 Å². The van der Waals surface area contributed by atoms with Gasteiger partial charge in [-0.1, -0.05) is 47.4 Å². The lowest BCUT2D eigenvalue weighted by atomic mass is 9.82. The van der Waals surface area contributed by atoms with Gasteiger partial charge in [-0.15, -0.1) is 0 Å².